The van der Waals surface area contributed by atoms with Crippen molar-refractivity contribution in [2.45, 2.75) is 52.4 Å². The molecule has 7 nitrogen and oxygen atoms in total. The molecule has 0 radical (unpaired) electrons. The van der Waals surface area contributed by atoms with Crippen LogP contribution >= 0.6 is 0 Å². The summed E-state index contributed by atoms with van der Waals surface area (Å²) >= 11 is 0. The number of hydrogen-bond acceptors (Lipinski definition) is 6. The molecular weight excluding hydrogens is 308 g/mol. The van der Waals surface area contributed by atoms with Gasteiger partial charge in [0.2, 0.25) is 0 Å². The average molecular weight is 330 g/mol. The van der Waals surface area contributed by atoms with Crippen molar-refractivity contribution < 1.29 is 14.3 Å². The molecule has 24 heavy (non-hydrogen) atoms. The maximum atomic E-state index is 12.1. The summed E-state index contributed by atoms with van der Waals surface area (Å²) in [6.45, 7) is 3.64. The van der Waals surface area contributed by atoms with Crippen LogP contribution in [-0.2, 0) is 20.7 Å². The first kappa shape index (κ1) is 16.5. The molecule has 0 unspecified atom stereocenters. The van der Waals surface area contributed by atoms with Crippen LogP contribution in [0.1, 0.15) is 49.3 Å². The van der Waals surface area contributed by atoms with Crippen LogP contribution < -0.4 is 0 Å². The highest BCUT2D eigenvalue weighted by molar-refractivity contribution is 5.84. The van der Waals surface area contributed by atoms with Gasteiger partial charge in [0.1, 0.15) is 13.0 Å². The predicted molar refractivity (Wildman–Crippen MR) is 86.5 cm³/mol. The summed E-state index contributed by atoms with van der Waals surface area (Å²) in [6, 6.07) is 1.90. The number of esters is 1. The van der Waals surface area contributed by atoms with Crippen molar-refractivity contribution in [2.24, 2.45) is 5.92 Å². The van der Waals surface area contributed by atoms with E-state index in [0.717, 1.165) is 37.1 Å². The van der Waals surface area contributed by atoms with Crippen molar-refractivity contribution in [1.29, 1.82) is 0 Å². The van der Waals surface area contributed by atoms with Gasteiger partial charge in [-0.05, 0) is 32.8 Å². The van der Waals surface area contributed by atoms with Crippen LogP contribution in [0.3, 0.4) is 0 Å². The first-order valence-electron chi connectivity index (χ1n) is 8.41. The highest BCUT2D eigenvalue weighted by Gasteiger charge is 2.22. The van der Waals surface area contributed by atoms with E-state index in [1.54, 1.807) is 4.52 Å². The molecule has 2 aromatic heterocycles. The smallest absolute Gasteiger partial charge is 0.314 e. The molecule has 128 valence electrons. The molecule has 0 aromatic carbocycles. The second-order valence-electron chi connectivity index (χ2n) is 6.42. The Balaban J connectivity index is 1.56. The molecule has 1 aliphatic rings. The van der Waals surface area contributed by atoms with Gasteiger partial charge in [-0.25, -0.2) is 9.50 Å². The summed E-state index contributed by atoms with van der Waals surface area (Å²) in [5.41, 5.74) is 1.75. The first-order valence-corrected chi connectivity index (χ1v) is 8.41. The fourth-order valence-electron chi connectivity index (χ4n) is 3.16. The predicted octanol–water partition coefficient (Wildman–Crippen LogP) is 1.98. The molecular formula is C17H22N4O3. The zero-order chi connectivity index (χ0) is 17.1. The summed E-state index contributed by atoms with van der Waals surface area (Å²) in [5.74, 6) is 0.415. The molecule has 0 spiro atoms. The van der Waals surface area contributed by atoms with Crippen molar-refractivity contribution >= 4 is 17.5 Å². The molecule has 1 aliphatic carbocycles. The number of Topliss-reactive ketones (excluding diaryl/α,β-unsaturated/α-hetero) is 1. The van der Waals surface area contributed by atoms with E-state index in [0.29, 0.717) is 11.6 Å². The van der Waals surface area contributed by atoms with Crippen LogP contribution in [0.25, 0.3) is 5.78 Å². The molecule has 2 heterocycles. The van der Waals surface area contributed by atoms with Gasteiger partial charge < -0.3 is 4.74 Å². The molecule has 1 saturated carbocycles. The Morgan fingerprint density at radius 1 is 1.21 bits per heavy atom. The van der Waals surface area contributed by atoms with Crippen molar-refractivity contribution in [1.82, 2.24) is 19.6 Å². The highest BCUT2D eigenvalue weighted by atomic mass is 16.5. The zero-order valence-electron chi connectivity index (χ0n) is 14.1. The van der Waals surface area contributed by atoms with Crippen LogP contribution in [0.15, 0.2) is 6.07 Å². The largest absolute Gasteiger partial charge is 0.457 e. The van der Waals surface area contributed by atoms with Gasteiger partial charge in [-0.15, -0.1) is 5.10 Å². The second-order valence-corrected chi connectivity index (χ2v) is 6.42. The average Bonchev–Trinajstić information content (AvgIpc) is 2.96. The van der Waals surface area contributed by atoms with E-state index in [1.165, 1.54) is 6.42 Å². The van der Waals surface area contributed by atoms with E-state index in [1.807, 2.05) is 19.9 Å². The number of rotatable bonds is 5. The molecule has 0 aliphatic heterocycles. The molecule has 0 amide bonds. The number of ether oxygens (including phenoxy) is 1. The SMILES string of the molecule is Cc1cc(C)n2nc(CC(=O)OCC(=O)C3CCCCC3)nc2n1. The molecule has 0 saturated heterocycles. The van der Waals surface area contributed by atoms with Gasteiger partial charge >= 0.3 is 5.97 Å². The first-order chi connectivity index (χ1) is 11.5. The maximum absolute atomic E-state index is 12.1. The van der Waals surface area contributed by atoms with E-state index in [2.05, 4.69) is 15.1 Å². The number of nitrogens with zero attached hydrogens (tertiary/aromatic N) is 4. The second kappa shape index (κ2) is 7.07. The van der Waals surface area contributed by atoms with Crippen LogP contribution in [0.5, 0.6) is 0 Å². The Labute approximate surface area is 140 Å². The Morgan fingerprint density at radius 2 is 1.96 bits per heavy atom. The van der Waals surface area contributed by atoms with E-state index >= 15 is 0 Å². The highest BCUT2D eigenvalue weighted by Crippen LogP contribution is 2.24. The zero-order valence-corrected chi connectivity index (χ0v) is 14.1. The van der Waals surface area contributed by atoms with Crippen molar-refractivity contribution in [3.63, 3.8) is 0 Å². The minimum absolute atomic E-state index is 0.0270. The number of aryl methyl sites for hydroxylation is 2. The van der Waals surface area contributed by atoms with E-state index in [9.17, 15) is 9.59 Å². The van der Waals surface area contributed by atoms with Crippen LogP contribution in [0.4, 0.5) is 0 Å². The quantitative estimate of drug-likeness (QED) is 0.779. The number of ketones is 1. The lowest BCUT2D eigenvalue weighted by Gasteiger charge is -2.19. The maximum Gasteiger partial charge on any atom is 0.314 e. The van der Waals surface area contributed by atoms with Gasteiger partial charge in [0.05, 0.1) is 0 Å². The van der Waals surface area contributed by atoms with Crippen LogP contribution in [-0.4, -0.2) is 37.9 Å². The Hall–Kier alpha value is -2.31. The van der Waals surface area contributed by atoms with Crippen molar-refractivity contribution in [2.75, 3.05) is 6.61 Å². The molecule has 7 heteroatoms. The van der Waals surface area contributed by atoms with Gasteiger partial charge in [-0.3, -0.25) is 9.59 Å². The Kier molecular flexibility index (Phi) is 4.87. The van der Waals surface area contributed by atoms with Gasteiger partial charge in [0.25, 0.3) is 5.78 Å². The number of fused-ring (bicyclic) bond motifs is 1. The van der Waals surface area contributed by atoms with Gasteiger partial charge in [0, 0.05) is 17.3 Å². The number of carbonyl (C=O) groups excluding carboxylic acids is 2. The molecule has 1 fully saturated rings. The number of hydrogen-bond donors (Lipinski definition) is 0. The minimum Gasteiger partial charge on any atom is -0.457 e. The van der Waals surface area contributed by atoms with E-state index in [4.69, 9.17) is 4.74 Å². The third kappa shape index (κ3) is 3.77. The van der Waals surface area contributed by atoms with Crippen LogP contribution in [0.2, 0.25) is 0 Å². The Morgan fingerprint density at radius 3 is 2.71 bits per heavy atom. The molecule has 3 rings (SSSR count). The third-order valence-corrected chi connectivity index (χ3v) is 4.40. The van der Waals surface area contributed by atoms with Crippen molar-refractivity contribution in [3.8, 4) is 0 Å². The van der Waals surface area contributed by atoms with Crippen LogP contribution in [0, 0.1) is 19.8 Å². The van der Waals surface area contributed by atoms with Gasteiger partial charge in [-0.1, -0.05) is 19.3 Å². The summed E-state index contributed by atoms with van der Waals surface area (Å²) < 4.78 is 6.71. The van der Waals surface area contributed by atoms with Gasteiger partial charge in [-0.2, -0.15) is 4.98 Å². The standard InChI is InChI=1S/C17H22N4O3/c1-11-8-12(2)21-17(18-11)19-15(20-21)9-16(23)24-10-14(22)13-6-4-3-5-7-13/h8,13H,3-7,9-10H2,1-2H3. The fourth-order valence-corrected chi connectivity index (χ4v) is 3.16. The lowest BCUT2D eigenvalue weighted by atomic mass is 9.86. The van der Waals surface area contributed by atoms with Crippen molar-refractivity contribution in [3.05, 3.63) is 23.3 Å². The lowest BCUT2D eigenvalue weighted by Crippen LogP contribution is -2.24. The fraction of sp³-hybridized carbons (Fsp3) is 0.588. The summed E-state index contributed by atoms with van der Waals surface area (Å²) in [6.07, 6.45) is 5.13. The lowest BCUT2D eigenvalue weighted by molar-refractivity contribution is -0.148. The monoisotopic (exact) mass is 330 g/mol. The van der Waals surface area contributed by atoms with E-state index in [-0.39, 0.29) is 24.7 Å². The Bertz CT molecular complexity index is 763. The summed E-state index contributed by atoms with van der Waals surface area (Å²) in [5, 5.41) is 4.27. The summed E-state index contributed by atoms with van der Waals surface area (Å²) in [4.78, 5) is 32.5. The molecule has 2 aromatic rings. The molecule has 0 N–H and O–H groups in total. The number of carbonyl (C=O) groups is 2. The topological polar surface area (TPSA) is 86.5 Å². The summed E-state index contributed by atoms with van der Waals surface area (Å²) in [7, 11) is 0. The number of aromatic nitrogens is 4. The van der Waals surface area contributed by atoms with Gasteiger partial charge in [0.15, 0.2) is 11.6 Å². The normalized spacial score (nSPS) is 15.6. The van der Waals surface area contributed by atoms with E-state index < -0.39 is 5.97 Å². The molecule has 0 atom stereocenters. The molecule has 0 bridgehead atoms. The minimum atomic E-state index is -0.482. The third-order valence-electron chi connectivity index (χ3n) is 4.40.